The Morgan fingerprint density at radius 1 is 1.40 bits per heavy atom. The lowest BCUT2D eigenvalue weighted by Crippen LogP contribution is -2.28. The third-order valence-electron chi connectivity index (χ3n) is 4.99. The monoisotopic (exact) mass is 346 g/mol. The van der Waals surface area contributed by atoms with E-state index < -0.39 is 5.91 Å². The van der Waals surface area contributed by atoms with E-state index >= 15 is 0 Å². The minimum absolute atomic E-state index is 0.0222. The van der Waals surface area contributed by atoms with Crippen molar-refractivity contribution in [1.82, 2.24) is 5.32 Å². The summed E-state index contributed by atoms with van der Waals surface area (Å²) in [6.07, 6.45) is 6.49. The highest BCUT2D eigenvalue weighted by Crippen LogP contribution is 2.31. The molecule has 0 bridgehead atoms. The molecule has 1 aliphatic carbocycles. The average Bonchev–Trinajstić information content (AvgIpc) is 3.05. The van der Waals surface area contributed by atoms with Crippen LogP contribution in [-0.4, -0.2) is 11.8 Å². The number of carbonyl (C=O) groups is 2. The molecule has 0 aliphatic heterocycles. The molecule has 2 rings (SSSR count). The van der Waals surface area contributed by atoms with Crippen molar-refractivity contribution >= 4 is 11.8 Å². The number of primary amides is 1. The van der Waals surface area contributed by atoms with Gasteiger partial charge in [0.05, 0.1) is 6.04 Å². The van der Waals surface area contributed by atoms with Gasteiger partial charge in [-0.05, 0) is 57.1 Å². The molecule has 0 saturated carbocycles. The van der Waals surface area contributed by atoms with Gasteiger partial charge in [-0.2, -0.15) is 0 Å². The Hall–Kier alpha value is -2.04. The molecule has 25 heavy (non-hydrogen) atoms. The molecule has 3 N–H and O–H groups in total. The fourth-order valence-electron chi connectivity index (χ4n) is 3.43. The quantitative estimate of drug-likeness (QED) is 0.690. The van der Waals surface area contributed by atoms with E-state index in [-0.39, 0.29) is 17.7 Å². The fourth-order valence-corrected chi connectivity index (χ4v) is 3.43. The third-order valence-corrected chi connectivity index (χ3v) is 4.99. The summed E-state index contributed by atoms with van der Waals surface area (Å²) in [7, 11) is 0. The van der Waals surface area contributed by atoms with Crippen molar-refractivity contribution in [1.29, 1.82) is 0 Å². The van der Waals surface area contributed by atoms with Gasteiger partial charge in [-0.15, -0.1) is 0 Å². The van der Waals surface area contributed by atoms with Gasteiger partial charge in [0.15, 0.2) is 5.76 Å². The maximum atomic E-state index is 12.4. The second kappa shape index (κ2) is 8.88. The molecule has 1 aromatic rings. The Balaban J connectivity index is 1.94. The molecular formula is C20H30N2O3. The number of rotatable bonds is 8. The van der Waals surface area contributed by atoms with Crippen molar-refractivity contribution in [2.24, 2.45) is 11.7 Å². The zero-order chi connectivity index (χ0) is 18.4. The van der Waals surface area contributed by atoms with Crippen LogP contribution < -0.4 is 11.1 Å². The molecule has 0 saturated heterocycles. The van der Waals surface area contributed by atoms with Crippen LogP contribution in [0, 0.1) is 5.92 Å². The van der Waals surface area contributed by atoms with E-state index in [4.69, 9.17) is 10.2 Å². The molecule has 5 heteroatoms. The van der Waals surface area contributed by atoms with Gasteiger partial charge in [-0.25, -0.2) is 0 Å². The zero-order valence-corrected chi connectivity index (χ0v) is 15.6. The van der Waals surface area contributed by atoms with Crippen LogP contribution in [0.5, 0.6) is 0 Å². The molecule has 5 nitrogen and oxygen atoms in total. The largest absolute Gasteiger partial charge is 0.454 e. The van der Waals surface area contributed by atoms with Crippen LogP contribution in [0.25, 0.3) is 0 Å². The van der Waals surface area contributed by atoms with Gasteiger partial charge in [0.25, 0.3) is 5.91 Å². The summed E-state index contributed by atoms with van der Waals surface area (Å²) in [5.74, 6) is 0.855. The maximum absolute atomic E-state index is 12.4. The number of nitrogens with one attached hydrogen (secondary N) is 1. The molecule has 1 aromatic heterocycles. The van der Waals surface area contributed by atoms with Crippen LogP contribution >= 0.6 is 0 Å². The van der Waals surface area contributed by atoms with Crippen LogP contribution in [0.2, 0.25) is 0 Å². The van der Waals surface area contributed by atoms with Gasteiger partial charge in [0, 0.05) is 6.42 Å². The second-order valence-corrected chi connectivity index (χ2v) is 7.21. The van der Waals surface area contributed by atoms with Gasteiger partial charge >= 0.3 is 0 Å². The van der Waals surface area contributed by atoms with Crippen molar-refractivity contribution in [2.75, 3.05) is 0 Å². The Morgan fingerprint density at radius 2 is 2.16 bits per heavy atom. The topological polar surface area (TPSA) is 85.3 Å². The number of amides is 2. The Labute approximate surface area is 150 Å². The number of hydrogen-bond acceptors (Lipinski definition) is 3. The number of allylic oxidation sites excluding steroid dienone is 2. The van der Waals surface area contributed by atoms with Crippen LogP contribution in [0.3, 0.4) is 0 Å². The zero-order valence-electron chi connectivity index (χ0n) is 15.6. The van der Waals surface area contributed by atoms with Crippen molar-refractivity contribution in [3.8, 4) is 0 Å². The first-order valence-corrected chi connectivity index (χ1v) is 9.27. The van der Waals surface area contributed by atoms with Crippen LogP contribution in [0.1, 0.15) is 88.1 Å². The molecule has 2 unspecified atom stereocenters. The van der Waals surface area contributed by atoms with Gasteiger partial charge < -0.3 is 15.5 Å². The molecular weight excluding hydrogens is 316 g/mol. The van der Waals surface area contributed by atoms with Crippen molar-refractivity contribution in [3.05, 3.63) is 34.8 Å². The first kappa shape index (κ1) is 19.3. The third kappa shape index (κ3) is 5.48. The van der Waals surface area contributed by atoms with Crippen LogP contribution in [-0.2, 0) is 4.79 Å². The molecule has 2 amide bonds. The van der Waals surface area contributed by atoms with Crippen molar-refractivity contribution < 1.29 is 14.0 Å². The molecule has 2 atom stereocenters. The summed E-state index contributed by atoms with van der Waals surface area (Å²) >= 11 is 0. The Morgan fingerprint density at radius 3 is 2.80 bits per heavy atom. The summed E-state index contributed by atoms with van der Waals surface area (Å²) in [4.78, 5) is 23.6. The van der Waals surface area contributed by atoms with E-state index in [1.807, 2.05) is 0 Å². The summed E-state index contributed by atoms with van der Waals surface area (Å²) in [6, 6.07) is 3.06. The molecule has 0 aromatic carbocycles. The second-order valence-electron chi connectivity index (χ2n) is 7.21. The predicted octanol–water partition coefficient (Wildman–Crippen LogP) is 4.25. The molecule has 138 valence electrons. The lowest BCUT2D eigenvalue weighted by molar-refractivity contribution is -0.122. The summed E-state index contributed by atoms with van der Waals surface area (Å²) < 4.78 is 5.49. The van der Waals surface area contributed by atoms with Gasteiger partial charge in [-0.3, -0.25) is 9.59 Å². The van der Waals surface area contributed by atoms with Crippen molar-refractivity contribution in [3.63, 3.8) is 0 Å². The highest BCUT2D eigenvalue weighted by atomic mass is 16.4. The van der Waals surface area contributed by atoms with Crippen LogP contribution in [0.15, 0.2) is 27.7 Å². The van der Waals surface area contributed by atoms with E-state index in [0.717, 1.165) is 32.1 Å². The van der Waals surface area contributed by atoms with Gasteiger partial charge in [-0.1, -0.05) is 31.4 Å². The standard InChI is InChI=1S/C20H30N2O3/c1-4-5-16(17-9-10-18(25-17)20(21)24)22-19(23)11-8-15-12-13(2)6-7-14(15)3/h9-10,13,16H,4-8,11-12H2,1-3H3,(H2,21,24)(H,22,23). The average molecular weight is 346 g/mol. The van der Waals surface area contributed by atoms with Gasteiger partial charge in [0.1, 0.15) is 5.76 Å². The Kier molecular flexibility index (Phi) is 6.85. The minimum Gasteiger partial charge on any atom is -0.454 e. The predicted molar refractivity (Wildman–Crippen MR) is 98.0 cm³/mol. The summed E-state index contributed by atoms with van der Waals surface area (Å²) in [5.41, 5.74) is 8.12. The number of nitrogens with two attached hydrogens (primary N) is 1. The Bertz CT molecular complexity index is 645. The first-order chi connectivity index (χ1) is 11.9. The fraction of sp³-hybridized carbons (Fsp3) is 0.600. The van der Waals surface area contributed by atoms with E-state index in [9.17, 15) is 9.59 Å². The first-order valence-electron chi connectivity index (χ1n) is 9.27. The lowest BCUT2D eigenvalue weighted by Gasteiger charge is -2.23. The maximum Gasteiger partial charge on any atom is 0.284 e. The van der Waals surface area contributed by atoms with E-state index in [1.54, 1.807) is 12.1 Å². The summed E-state index contributed by atoms with van der Waals surface area (Å²) in [6.45, 7) is 6.51. The number of furan rings is 1. The lowest BCUT2D eigenvalue weighted by atomic mass is 9.83. The van der Waals surface area contributed by atoms with E-state index in [1.165, 1.54) is 17.6 Å². The van der Waals surface area contributed by atoms with E-state index in [0.29, 0.717) is 18.1 Å². The normalized spacial score (nSPS) is 18.9. The molecule has 0 spiro atoms. The smallest absolute Gasteiger partial charge is 0.284 e. The molecule has 0 fully saturated rings. The number of carbonyl (C=O) groups excluding carboxylic acids is 2. The van der Waals surface area contributed by atoms with Gasteiger partial charge in [0.2, 0.25) is 5.91 Å². The van der Waals surface area contributed by atoms with Crippen molar-refractivity contribution in [2.45, 2.75) is 71.8 Å². The highest BCUT2D eigenvalue weighted by Gasteiger charge is 2.20. The highest BCUT2D eigenvalue weighted by molar-refractivity contribution is 5.89. The van der Waals surface area contributed by atoms with E-state index in [2.05, 4.69) is 26.1 Å². The minimum atomic E-state index is -0.596. The SMILES string of the molecule is CCCC(NC(=O)CCC1=C(C)CCC(C)C1)c1ccc(C(N)=O)o1. The summed E-state index contributed by atoms with van der Waals surface area (Å²) in [5, 5.41) is 3.04. The molecule has 1 heterocycles. The van der Waals surface area contributed by atoms with Crippen LogP contribution in [0.4, 0.5) is 0 Å². The molecule has 1 aliphatic rings. The molecule has 0 radical (unpaired) electrons. The number of hydrogen-bond donors (Lipinski definition) is 2.